The molecule has 0 aliphatic heterocycles. The molecule has 1 amide bonds. The van der Waals surface area contributed by atoms with Crippen molar-refractivity contribution in [2.75, 3.05) is 0 Å². The van der Waals surface area contributed by atoms with E-state index in [1.807, 2.05) is 0 Å². The summed E-state index contributed by atoms with van der Waals surface area (Å²) in [5.74, 6) is -11.9. The summed E-state index contributed by atoms with van der Waals surface area (Å²) >= 11 is 5.97. The first-order chi connectivity index (χ1) is 23.4. The number of alkyl halides is 13. The monoisotopic (exact) mass is 812 g/mol. The number of halogens is 16. The van der Waals surface area contributed by atoms with Gasteiger partial charge in [-0.1, -0.05) is 17.7 Å². The van der Waals surface area contributed by atoms with Crippen LogP contribution in [0.2, 0.25) is 5.02 Å². The number of hydrogen-bond donors (Lipinski definition) is 0. The van der Waals surface area contributed by atoms with Gasteiger partial charge in [0, 0.05) is 18.8 Å². The Bertz CT molecular complexity index is 2090. The zero-order valence-electron chi connectivity index (χ0n) is 24.6. The molecule has 1 aromatic carbocycles. The molecule has 1 fully saturated rings. The minimum absolute atomic E-state index is 0.00151. The molecule has 1 aliphatic rings. The Morgan fingerprint density at radius 3 is 2.00 bits per heavy atom. The first kappa shape index (κ1) is 40.1. The Morgan fingerprint density at radius 1 is 0.981 bits per heavy atom. The van der Waals surface area contributed by atoms with E-state index in [0.717, 1.165) is 12.1 Å². The number of rotatable bonds is 8. The van der Waals surface area contributed by atoms with Crippen LogP contribution in [0.25, 0.3) is 16.9 Å². The Kier molecular flexibility index (Phi) is 9.63. The van der Waals surface area contributed by atoms with E-state index in [9.17, 15) is 84.3 Å². The van der Waals surface area contributed by atoms with E-state index in [-0.39, 0.29) is 20.5 Å². The van der Waals surface area contributed by atoms with Gasteiger partial charge >= 0.3 is 39.8 Å². The third-order valence-corrected chi connectivity index (χ3v) is 8.91. The van der Waals surface area contributed by atoms with Gasteiger partial charge in [-0.05, 0) is 30.5 Å². The molecule has 0 N–H and O–H groups in total. The first-order valence-corrected chi connectivity index (χ1v) is 14.9. The van der Waals surface area contributed by atoms with Gasteiger partial charge in [-0.3, -0.25) is 9.69 Å². The van der Waals surface area contributed by atoms with Gasteiger partial charge in [0.15, 0.2) is 11.4 Å². The van der Waals surface area contributed by atoms with Crippen molar-refractivity contribution >= 4 is 27.6 Å². The highest BCUT2D eigenvalue weighted by atomic mass is 35.5. The third kappa shape index (κ3) is 6.70. The SMILES string of the molecule is Cn1nc(OS(=O)(=O)C(F)(C(F)(F)F)C(F)(F)F)c(C(F)(F)F)c1-n1cc(-c2ccc(Cl)c(C(=O)N(/C(F)=C(\F)C(F)(F)F)C3(C#N)CC3)c2)cn1. The van der Waals surface area contributed by atoms with Gasteiger partial charge in [-0.25, -0.2) is 13.8 Å². The minimum atomic E-state index is -7.76. The highest BCUT2D eigenvalue weighted by molar-refractivity contribution is 7.88. The average molecular weight is 813 g/mol. The summed E-state index contributed by atoms with van der Waals surface area (Å²) in [5, 5.41) is 7.90. The Hall–Kier alpha value is -4.67. The number of amides is 1. The highest BCUT2D eigenvalue weighted by Gasteiger charge is 2.82. The predicted octanol–water partition coefficient (Wildman–Crippen LogP) is 7.61. The largest absolute Gasteiger partial charge is 0.450 e. The van der Waals surface area contributed by atoms with Gasteiger partial charge in [-0.15, -0.1) is 5.10 Å². The third-order valence-electron chi connectivity index (χ3n) is 7.05. The summed E-state index contributed by atoms with van der Waals surface area (Å²) in [6.07, 6.45) is -26.1. The predicted molar refractivity (Wildman–Crippen MR) is 140 cm³/mol. The van der Waals surface area contributed by atoms with E-state index in [2.05, 4.69) is 14.4 Å². The second kappa shape index (κ2) is 12.5. The van der Waals surface area contributed by atoms with Crippen LogP contribution in [0.5, 0.6) is 5.88 Å². The summed E-state index contributed by atoms with van der Waals surface area (Å²) in [6.45, 7) is 0. The van der Waals surface area contributed by atoms with Crippen LogP contribution in [0, 0.1) is 11.3 Å². The molecule has 0 unspecified atom stereocenters. The van der Waals surface area contributed by atoms with Crippen LogP contribution in [0.1, 0.15) is 28.8 Å². The number of aromatic nitrogens is 4. The zero-order chi connectivity index (χ0) is 39.8. The van der Waals surface area contributed by atoms with Crippen LogP contribution in [-0.4, -0.2) is 67.9 Å². The topological polar surface area (TPSA) is 123 Å². The summed E-state index contributed by atoms with van der Waals surface area (Å²) in [7, 11) is -7.21. The van der Waals surface area contributed by atoms with Crippen LogP contribution in [0.4, 0.5) is 65.9 Å². The van der Waals surface area contributed by atoms with Crippen LogP contribution in [0.3, 0.4) is 0 Å². The molecule has 0 spiro atoms. The van der Waals surface area contributed by atoms with Crippen LogP contribution < -0.4 is 4.18 Å². The minimum Gasteiger partial charge on any atom is -0.356 e. The number of carbonyl (C=O) groups is 1. The molecule has 1 aliphatic carbocycles. The molecule has 0 atom stereocenters. The number of carbonyl (C=O) groups excluding carboxylic acids is 1. The fourth-order valence-electron chi connectivity index (χ4n) is 4.43. The van der Waals surface area contributed by atoms with Gasteiger partial charge in [0.25, 0.3) is 17.6 Å². The second-order valence-electron chi connectivity index (χ2n) is 10.5. The Morgan fingerprint density at radius 2 is 1.54 bits per heavy atom. The summed E-state index contributed by atoms with van der Waals surface area (Å²) in [6, 6.07) is 3.93. The molecule has 0 bridgehead atoms. The molecule has 52 heavy (non-hydrogen) atoms. The van der Waals surface area contributed by atoms with Gasteiger partial charge in [0.1, 0.15) is 5.54 Å². The Balaban J connectivity index is 1.82. The lowest BCUT2D eigenvalue weighted by molar-refractivity contribution is -0.307. The van der Waals surface area contributed by atoms with Crippen molar-refractivity contribution in [1.29, 1.82) is 5.26 Å². The lowest BCUT2D eigenvalue weighted by atomic mass is 10.0. The molecule has 0 saturated heterocycles. The molecule has 2 aromatic heterocycles. The number of aryl methyl sites for hydroxylation is 1. The average Bonchev–Trinajstić information content (AvgIpc) is 3.48. The summed E-state index contributed by atoms with van der Waals surface area (Å²) in [4.78, 5) is 12.9. The fourth-order valence-corrected chi connectivity index (χ4v) is 5.64. The molecular formula is C25H12ClF15N6O4S. The lowest BCUT2D eigenvalue weighted by Gasteiger charge is -2.28. The van der Waals surface area contributed by atoms with Gasteiger partial charge in [0.2, 0.25) is 5.95 Å². The van der Waals surface area contributed by atoms with Crippen molar-refractivity contribution in [2.24, 2.45) is 7.05 Å². The number of hydrogen-bond acceptors (Lipinski definition) is 7. The van der Waals surface area contributed by atoms with Crippen molar-refractivity contribution in [2.45, 2.75) is 48.1 Å². The maximum Gasteiger partial charge on any atom is 0.450 e. The van der Waals surface area contributed by atoms with E-state index in [1.54, 1.807) is 0 Å². The quantitative estimate of drug-likeness (QED) is 0.130. The second-order valence-corrected chi connectivity index (χ2v) is 12.6. The van der Waals surface area contributed by atoms with Crippen molar-refractivity contribution in [1.82, 2.24) is 24.5 Å². The van der Waals surface area contributed by atoms with Crippen molar-refractivity contribution in [3.8, 4) is 28.9 Å². The highest BCUT2D eigenvalue weighted by Crippen LogP contribution is 2.52. The van der Waals surface area contributed by atoms with Crippen molar-refractivity contribution < 1.29 is 83.3 Å². The van der Waals surface area contributed by atoms with E-state index in [1.165, 1.54) is 6.07 Å². The van der Waals surface area contributed by atoms with Gasteiger partial charge in [0.05, 0.1) is 22.9 Å². The fraction of sp³-hybridized carbons (Fsp3) is 0.360. The molecule has 0 radical (unpaired) electrons. The standard InChI is InChI=1S/C25H12ClF15N6O4S/c1-45-18(14(21(29,30)31)17(44-45)51-52(49,50)23(35,24(36,37)38)25(39,40)41)46-8-11(7-43-46)10-2-3-13(26)12(6-10)19(48)47(20(9-42)4-5-20)16(28)15(27)22(32,33)34/h2-3,6-8H,4-5H2,1H3/b16-15-. The zero-order valence-corrected chi connectivity index (χ0v) is 26.1. The first-order valence-electron chi connectivity index (χ1n) is 13.1. The van der Waals surface area contributed by atoms with Crippen LogP contribution in [0.15, 0.2) is 42.4 Å². The maximum atomic E-state index is 14.8. The maximum absolute atomic E-state index is 14.8. The lowest BCUT2D eigenvalue weighted by Crippen LogP contribution is -2.60. The van der Waals surface area contributed by atoms with Crippen molar-refractivity contribution in [3.63, 3.8) is 0 Å². The van der Waals surface area contributed by atoms with Crippen molar-refractivity contribution in [3.05, 3.63) is 58.5 Å². The number of allylic oxidation sites excluding steroid dienone is 1. The van der Waals surface area contributed by atoms with Crippen LogP contribution >= 0.6 is 11.6 Å². The van der Waals surface area contributed by atoms with Crippen LogP contribution in [-0.2, 0) is 23.3 Å². The summed E-state index contributed by atoms with van der Waals surface area (Å²) in [5.41, 5.74) is -6.37. The van der Waals surface area contributed by atoms with Gasteiger partial charge < -0.3 is 4.18 Å². The van der Waals surface area contributed by atoms with E-state index in [4.69, 9.17) is 11.6 Å². The number of benzene rings is 1. The smallest absolute Gasteiger partial charge is 0.356 e. The van der Waals surface area contributed by atoms with E-state index in [0.29, 0.717) is 25.5 Å². The van der Waals surface area contributed by atoms with E-state index < -0.39 is 109 Å². The number of nitrogens with zero attached hydrogens (tertiary/aromatic N) is 6. The number of nitriles is 1. The molecule has 27 heteroatoms. The van der Waals surface area contributed by atoms with E-state index >= 15 is 0 Å². The molecule has 284 valence electrons. The Labute approximate surface area is 283 Å². The molecule has 10 nitrogen and oxygen atoms in total. The molecule has 4 rings (SSSR count). The normalized spacial score (nSPS) is 15.9. The molecular weight excluding hydrogens is 801 g/mol. The summed E-state index contributed by atoms with van der Waals surface area (Å²) < 4.78 is 230. The molecule has 3 aromatic rings. The van der Waals surface area contributed by atoms with Gasteiger partial charge in [-0.2, -0.15) is 80.2 Å². The molecule has 1 saturated carbocycles. The molecule has 2 heterocycles.